The zero-order valence-electron chi connectivity index (χ0n) is 19.0. The number of likely N-dealkylation sites (tertiary alicyclic amines) is 1. The van der Waals surface area contributed by atoms with E-state index in [9.17, 15) is 22.4 Å². The van der Waals surface area contributed by atoms with Crippen molar-refractivity contribution in [3.05, 3.63) is 82.6 Å². The molecule has 1 saturated heterocycles. The molecule has 0 aliphatic carbocycles. The van der Waals surface area contributed by atoms with E-state index in [4.69, 9.17) is 21.8 Å². The van der Waals surface area contributed by atoms with Crippen LogP contribution in [0.1, 0.15) is 29.0 Å². The van der Waals surface area contributed by atoms with Crippen LogP contribution >= 0.6 is 11.6 Å². The Morgan fingerprint density at radius 3 is 2.31 bits per heavy atom. The lowest BCUT2D eigenvalue weighted by Gasteiger charge is -2.31. The lowest BCUT2D eigenvalue weighted by molar-refractivity contribution is -0.0494. The fourth-order valence-electron chi connectivity index (χ4n) is 4.43. The minimum atomic E-state index is -2.73. The first kappa shape index (κ1) is 24.3. The van der Waals surface area contributed by atoms with Crippen LogP contribution in [0.5, 0.6) is 0 Å². The summed E-state index contributed by atoms with van der Waals surface area (Å²) in [4.78, 5) is 14.2. The van der Waals surface area contributed by atoms with E-state index < -0.39 is 17.6 Å². The maximum Gasteiger partial charge on any atom is 0.253 e. The molecule has 4 nitrogen and oxygen atoms in total. The third kappa shape index (κ3) is 4.58. The van der Waals surface area contributed by atoms with Crippen molar-refractivity contribution in [3.63, 3.8) is 0 Å². The summed E-state index contributed by atoms with van der Waals surface area (Å²) in [6.07, 6.45) is -0.696. The maximum atomic E-state index is 14.8. The number of amides is 1. The second-order valence-electron chi connectivity index (χ2n) is 8.83. The average Bonchev–Trinajstić information content (AvgIpc) is 3.29. The monoisotopic (exact) mass is 516 g/mol. The number of carbonyl (C=O) groups excluding carboxylic acids is 1. The molecule has 3 aromatic carbocycles. The fraction of sp³-hybridized carbons (Fsp3) is 0.222. The van der Waals surface area contributed by atoms with Crippen LogP contribution in [0.2, 0.25) is 5.02 Å². The number of rotatable bonds is 4. The number of fused-ring (bicyclic) bond motifs is 1. The second kappa shape index (κ2) is 9.26. The lowest BCUT2D eigenvalue weighted by Crippen LogP contribution is -2.42. The zero-order chi connectivity index (χ0) is 25.6. The molecular weight excluding hydrogens is 496 g/mol. The van der Waals surface area contributed by atoms with Crippen LogP contribution in [0.15, 0.2) is 59.0 Å². The molecule has 0 bridgehead atoms. The summed E-state index contributed by atoms with van der Waals surface area (Å²) < 4.78 is 61.3. The first-order chi connectivity index (χ1) is 17.1. The Bertz CT molecular complexity index is 1460. The minimum Gasteiger partial charge on any atom is -0.459 e. The lowest BCUT2D eigenvalue weighted by atomic mass is 9.95. The van der Waals surface area contributed by atoms with E-state index in [-0.39, 0.29) is 49.0 Å². The van der Waals surface area contributed by atoms with Gasteiger partial charge in [-0.25, -0.2) is 17.6 Å². The molecule has 1 amide bonds. The molecule has 186 valence electrons. The number of nitrogens with two attached hydrogens (primary N) is 1. The molecule has 0 radical (unpaired) electrons. The highest BCUT2D eigenvalue weighted by Gasteiger charge is 2.35. The van der Waals surface area contributed by atoms with Gasteiger partial charge in [-0.15, -0.1) is 0 Å². The molecule has 0 unspecified atom stereocenters. The third-order valence-corrected chi connectivity index (χ3v) is 6.71. The molecular formula is C27H21ClF4N2O2. The van der Waals surface area contributed by atoms with Crippen molar-refractivity contribution in [2.75, 3.05) is 13.1 Å². The number of benzene rings is 3. The van der Waals surface area contributed by atoms with Gasteiger partial charge < -0.3 is 15.1 Å². The molecule has 2 N–H and O–H groups in total. The Labute approximate surface area is 209 Å². The molecule has 0 atom stereocenters. The molecule has 1 aromatic heterocycles. The highest BCUT2D eigenvalue weighted by Crippen LogP contribution is 2.38. The van der Waals surface area contributed by atoms with Crippen LogP contribution in [0.4, 0.5) is 17.6 Å². The molecule has 1 fully saturated rings. The second-order valence-corrected chi connectivity index (χ2v) is 9.24. The normalized spacial score (nSPS) is 15.4. The van der Waals surface area contributed by atoms with Gasteiger partial charge in [0.25, 0.3) is 11.8 Å². The van der Waals surface area contributed by atoms with Gasteiger partial charge in [0.2, 0.25) is 0 Å². The summed E-state index contributed by atoms with van der Waals surface area (Å²) in [6.45, 7) is 0.141. The minimum absolute atomic E-state index is 0.00334. The van der Waals surface area contributed by atoms with Gasteiger partial charge in [0.1, 0.15) is 23.0 Å². The van der Waals surface area contributed by atoms with Gasteiger partial charge in [0.05, 0.1) is 11.6 Å². The number of hydrogen-bond donors (Lipinski definition) is 1. The summed E-state index contributed by atoms with van der Waals surface area (Å²) in [5.74, 6) is -4.22. The predicted molar refractivity (Wildman–Crippen MR) is 130 cm³/mol. The quantitative estimate of drug-likeness (QED) is 0.234. The van der Waals surface area contributed by atoms with Crippen LogP contribution in [0, 0.1) is 11.6 Å². The molecule has 1 aliphatic rings. The Morgan fingerprint density at radius 1 is 0.944 bits per heavy atom. The standard InChI is InChI=1S/C27H21ClF4N2O2/c28-22-12-20(23(29)13-24(22)30)21-11-17(9-18-10-19(14-33)36-25(18)21)15-1-3-16(4-2-15)26(35)34-7-5-27(31,32)6-8-34/h1-4,9-13H,5-8,14,33H2. The van der Waals surface area contributed by atoms with Gasteiger partial charge in [-0.2, -0.15) is 0 Å². The molecule has 4 aromatic rings. The number of furan rings is 1. The number of carbonyl (C=O) groups is 1. The van der Waals surface area contributed by atoms with Gasteiger partial charge >= 0.3 is 0 Å². The fourth-order valence-corrected chi connectivity index (χ4v) is 4.59. The summed E-state index contributed by atoms with van der Waals surface area (Å²) in [5, 5.41) is 0.436. The highest BCUT2D eigenvalue weighted by molar-refractivity contribution is 6.31. The van der Waals surface area contributed by atoms with Crippen molar-refractivity contribution in [1.29, 1.82) is 0 Å². The van der Waals surface area contributed by atoms with Gasteiger partial charge in [0.15, 0.2) is 0 Å². The van der Waals surface area contributed by atoms with Crippen LogP contribution in [0.3, 0.4) is 0 Å². The van der Waals surface area contributed by atoms with E-state index in [0.717, 1.165) is 11.6 Å². The predicted octanol–water partition coefficient (Wildman–Crippen LogP) is 7.03. The van der Waals surface area contributed by atoms with E-state index in [1.165, 1.54) is 11.0 Å². The van der Waals surface area contributed by atoms with Gasteiger partial charge in [0, 0.05) is 54.1 Å². The number of halogens is 5. The summed E-state index contributed by atoms with van der Waals surface area (Å²) in [7, 11) is 0. The molecule has 2 heterocycles. The van der Waals surface area contributed by atoms with Crippen molar-refractivity contribution in [1.82, 2.24) is 4.90 Å². The van der Waals surface area contributed by atoms with Crippen molar-refractivity contribution in [2.45, 2.75) is 25.3 Å². The molecule has 5 rings (SSSR count). The van der Waals surface area contributed by atoms with Crippen LogP contribution < -0.4 is 5.73 Å². The van der Waals surface area contributed by atoms with Gasteiger partial charge in [-0.05, 0) is 47.5 Å². The van der Waals surface area contributed by atoms with Crippen molar-refractivity contribution in [2.24, 2.45) is 5.73 Å². The number of piperidine rings is 1. The SMILES string of the molecule is NCc1cc2cc(-c3ccc(C(=O)N4CCC(F)(F)CC4)cc3)cc(-c3cc(Cl)c(F)cc3F)c2o1. The largest absolute Gasteiger partial charge is 0.459 e. The average molecular weight is 517 g/mol. The number of hydrogen-bond acceptors (Lipinski definition) is 3. The number of nitrogens with zero attached hydrogens (tertiary/aromatic N) is 1. The van der Waals surface area contributed by atoms with E-state index >= 15 is 0 Å². The van der Waals surface area contributed by atoms with Crippen molar-refractivity contribution in [3.8, 4) is 22.3 Å². The molecule has 0 spiro atoms. The Morgan fingerprint density at radius 2 is 1.64 bits per heavy atom. The van der Waals surface area contributed by atoms with E-state index in [2.05, 4.69) is 0 Å². The van der Waals surface area contributed by atoms with Crippen LogP contribution in [-0.2, 0) is 6.54 Å². The Kier molecular flexibility index (Phi) is 6.26. The highest BCUT2D eigenvalue weighted by atomic mass is 35.5. The number of alkyl halides is 2. The third-order valence-electron chi connectivity index (χ3n) is 6.42. The molecule has 36 heavy (non-hydrogen) atoms. The summed E-state index contributed by atoms with van der Waals surface area (Å²) >= 11 is 5.93. The topological polar surface area (TPSA) is 59.5 Å². The van der Waals surface area contributed by atoms with E-state index in [1.54, 1.807) is 36.4 Å². The Hall–Kier alpha value is -3.36. The van der Waals surface area contributed by atoms with E-state index in [1.807, 2.05) is 6.07 Å². The molecule has 1 aliphatic heterocycles. The first-order valence-corrected chi connectivity index (χ1v) is 11.7. The smallest absolute Gasteiger partial charge is 0.253 e. The van der Waals surface area contributed by atoms with Crippen molar-refractivity contribution < 1.29 is 26.8 Å². The Balaban J connectivity index is 1.52. The summed E-state index contributed by atoms with van der Waals surface area (Å²) in [5.41, 5.74) is 8.36. The summed E-state index contributed by atoms with van der Waals surface area (Å²) in [6, 6.07) is 13.9. The van der Waals surface area contributed by atoms with Crippen LogP contribution in [-0.4, -0.2) is 29.8 Å². The molecule has 9 heteroatoms. The zero-order valence-corrected chi connectivity index (χ0v) is 19.7. The van der Waals surface area contributed by atoms with Gasteiger partial charge in [-0.1, -0.05) is 23.7 Å². The first-order valence-electron chi connectivity index (χ1n) is 11.3. The van der Waals surface area contributed by atoms with E-state index in [0.29, 0.717) is 33.4 Å². The van der Waals surface area contributed by atoms with Gasteiger partial charge in [-0.3, -0.25) is 4.79 Å². The molecule has 0 saturated carbocycles. The van der Waals surface area contributed by atoms with Crippen LogP contribution in [0.25, 0.3) is 33.2 Å². The van der Waals surface area contributed by atoms with Crippen molar-refractivity contribution >= 4 is 28.5 Å². The maximum absolute atomic E-state index is 14.8.